The Morgan fingerprint density at radius 1 is 1.33 bits per heavy atom. The van der Waals surface area contributed by atoms with Gasteiger partial charge in [0.1, 0.15) is 0 Å². The van der Waals surface area contributed by atoms with Crippen molar-refractivity contribution in [2.24, 2.45) is 0 Å². The van der Waals surface area contributed by atoms with Crippen LogP contribution in [0.2, 0.25) is 0 Å². The Hall–Kier alpha value is -0.750. The molecule has 1 aromatic rings. The molecular formula is C15H24ClN3OS. The van der Waals surface area contributed by atoms with Crippen LogP contribution in [0.1, 0.15) is 16.8 Å². The van der Waals surface area contributed by atoms with Crippen molar-refractivity contribution in [1.82, 2.24) is 15.5 Å². The minimum atomic E-state index is 0. The standard InChI is InChI=1S/C15H23N3OS.ClH/c1-20-14-6-3-2-5-13(14)15(19)17-7-4-10-18-11-8-16-9-12-18;/h2-3,5-6,16H,4,7-12H2,1H3,(H,17,19);1H. The molecule has 118 valence electrons. The third-order valence-corrected chi connectivity index (χ3v) is 4.29. The highest BCUT2D eigenvalue weighted by Gasteiger charge is 2.11. The molecule has 0 saturated carbocycles. The minimum Gasteiger partial charge on any atom is -0.352 e. The number of rotatable bonds is 6. The molecule has 0 unspecified atom stereocenters. The summed E-state index contributed by atoms with van der Waals surface area (Å²) < 4.78 is 0. The Morgan fingerprint density at radius 3 is 2.76 bits per heavy atom. The molecule has 1 fully saturated rings. The van der Waals surface area contributed by atoms with Crippen molar-refractivity contribution in [3.05, 3.63) is 29.8 Å². The zero-order chi connectivity index (χ0) is 14.2. The third-order valence-electron chi connectivity index (χ3n) is 3.50. The van der Waals surface area contributed by atoms with Crippen molar-refractivity contribution >= 4 is 30.1 Å². The second-order valence-corrected chi connectivity index (χ2v) is 5.75. The fraction of sp³-hybridized carbons (Fsp3) is 0.533. The molecule has 2 N–H and O–H groups in total. The van der Waals surface area contributed by atoms with Crippen LogP contribution in [0.5, 0.6) is 0 Å². The number of carbonyl (C=O) groups excluding carboxylic acids is 1. The lowest BCUT2D eigenvalue weighted by Gasteiger charge is -2.27. The summed E-state index contributed by atoms with van der Waals surface area (Å²) in [6.07, 6.45) is 3.00. The molecule has 21 heavy (non-hydrogen) atoms. The minimum absolute atomic E-state index is 0. The van der Waals surface area contributed by atoms with E-state index in [1.807, 2.05) is 30.5 Å². The number of benzene rings is 1. The lowest BCUT2D eigenvalue weighted by atomic mass is 10.2. The molecule has 0 spiro atoms. The zero-order valence-electron chi connectivity index (χ0n) is 12.4. The Balaban J connectivity index is 0.00000220. The molecule has 0 atom stereocenters. The average molecular weight is 330 g/mol. The molecule has 1 aliphatic heterocycles. The molecule has 6 heteroatoms. The number of hydrogen-bond donors (Lipinski definition) is 2. The molecule has 2 rings (SSSR count). The van der Waals surface area contributed by atoms with Crippen molar-refractivity contribution in [3.63, 3.8) is 0 Å². The van der Waals surface area contributed by atoms with Gasteiger partial charge in [0.15, 0.2) is 0 Å². The number of carbonyl (C=O) groups is 1. The van der Waals surface area contributed by atoms with Crippen molar-refractivity contribution < 1.29 is 4.79 Å². The van der Waals surface area contributed by atoms with Gasteiger partial charge >= 0.3 is 0 Å². The SMILES string of the molecule is CSc1ccccc1C(=O)NCCCN1CCNCC1.Cl. The van der Waals surface area contributed by atoms with Gasteiger partial charge in [-0.2, -0.15) is 0 Å². The fourth-order valence-corrected chi connectivity index (χ4v) is 2.96. The first kappa shape index (κ1) is 18.3. The molecule has 1 aromatic carbocycles. The van der Waals surface area contributed by atoms with E-state index in [1.54, 1.807) is 11.8 Å². The molecule has 0 bridgehead atoms. The molecule has 1 heterocycles. The average Bonchev–Trinajstić information content (AvgIpc) is 2.52. The van der Waals surface area contributed by atoms with Crippen molar-refractivity contribution in [2.75, 3.05) is 45.5 Å². The van der Waals surface area contributed by atoms with Crippen molar-refractivity contribution in [1.29, 1.82) is 0 Å². The summed E-state index contributed by atoms with van der Waals surface area (Å²) in [6.45, 7) is 6.19. The number of hydrogen-bond acceptors (Lipinski definition) is 4. The van der Waals surface area contributed by atoms with Gasteiger partial charge < -0.3 is 15.5 Å². The van der Waals surface area contributed by atoms with Gasteiger partial charge in [-0.15, -0.1) is 24.2 Å². The normalized spacial score (nSPS) is 15.3. The van der Waals surface area contributed by atoms with E-state index in [2.05, 4.69) is 15.5 Å². The van der Waals surface area contributed by atoms with E-state index in [-0.39, 0.29) is 18.3 Å². The van der Waals surface area contributed by atoms with Crippen molar-refractivity contribution in [2.45, 2.75) is 11.3 Å². The van der Waals surface area contributed by atoms with Crippen LogP contribution in [-0.2, 0) is 0 Å². The van der Waals surface area contributed by atoms with Crippen LogP contribution in [0.25, 0.3) is 0 Å². The van der Waals surface area contributed by atoms with Gasteiger partial charge in [-0.05, 0) is 31.4 Å². The third kappa shape index (κ3) is 5.87. The predicted octanol–water partition coefficient (Wildman–Crippen LogP) is 1.86. The number of piperazine rings is 1. The highest BCUT2D eigenvalue weighted by molar-refractivity contribution is 7.98. The predicted molar refractivity (Wildman–Crippen MR) is 91.7 cm³/mol. The molecule has 0 aliphatic carbocycles. The Labute approximate surface area is 137 Å². The van der Waals surface area contributed by atoms with Crippen LogP contribution in [0.15, 0.2) is 29.2 Å². The summed E-state index contributed by atoms with van der Waals surface area (Å²) in [5, 5.41) is 6.36. The molecular weight excluding hydrogens is 306 g/mol. The van der Waals surface area contributed by atoms with Crippen molar-refractivity contribution in [3.8, 4) is 0 Å². The van der Waals surface area contributed by atoms with Crippen LogP contribution in [0.3, 0.4) is 0 Å². The number of thioether (sulfide) groups is 1. The van der Waals surface area contributed by atoms with Gasteiger partial charge in [0, 0.05) is 37.6 Å². The number of nitrogens with one attached hydrogen (secondary N) is 2. The molecule has 1 amide bonds. The summed E-state index contributed by atoms with van der Waals surface area (Å²) in [7, 11) is 0. The largest absolute Gasteiger partial charge is 0.352 e. The summed E-state index contributed by atoms with van der Waals surface area (Å²) in [6, 6.07) is 7.75. The van der Waals surface area contributed by atoms with E-state index in [0.717, 1.165) is 56.1 Å². The molecule has 4 nitrogen and oxygen atoms in total. The fourth-order valence-electron chi connectivity index (χ4n) is 2.37. The first-order chi connectivity index (χ1) is 9.81. The topological polar surface area (TPSA) is 44.4 Å². The van der Waals surface area contributed by atoms with Gasteiger partial charge in [0.05, 0.1) is 5.56 Å². The van der Waals surface area contributed by atoms with Gasteiger partial charge in [0.2, 0.25) is 0 Å². The first-order valence-electron chi connectivity index (χ1n) is 7.15. The maximum absolute atomic E-state index is 12.1. The van der Waals surface area contributed by atoms with Crippen LogP contribution >= 0.6 is 24.2 Å². The van der Waals surface area contributed by atoms with E-state index in [9.17, 15) is 4.79 Å². The Bertz CT molecular complexity index is 439. The monoisotopic (exact) mass is 329 g/mol. The van der Waals surface area contributed by atoms with Gasteiger partial charge in [-0.1, -0.05) is 12.1 Å². The number of halogens is 1. The maximum atomic E-state index is 12.1. The highest BCUT2D eigenvalue weighted by Crippen LogP contribution is 2.19. The van der Waals surface area contributed by atoms with E-state index in [0.29, 0.717) is 0 Å². The lowest BCUT2D eigenvalue weighted by molar-refractivity contribution is 0.0948. The first-order valence-corrected chi connectivity index (χ1v) is 8.38. The summed E-state index contributed by atoms with van der Waals surface area (Å²) in [5.74, 6) is 0.0373. The van der Waals surface area contributed by atoms with E-state index < -0.39 is 0 Å². The molecule has 1 aliphatic rings. The number of nitrogens with zero attached hydrogens (tertiary/aromatic N) is 1. The van der Waals surface area contributed by atoms with E-state index >= 15 is 0 Å². The molecule has 0 aromatic heterocycles. The van der Waals surface area contributed by atoms with Crippen LogP contribution in [0, 0.1) is 0 Å². The molecule has 0 radical (unpaired) electrons. The second-order valence-electron chi connectivity index (χ2n) is 4.90. The Kier molecular flexibility index (Phi) is 8.76. The highest BCUT2D eigenvalue weighted by atomic mass is 35.5. The maximum Gasteiger partial charge on any atom is 0.252 e. The van der Waals surface area contributed by atoms with Crippen LogP contribution < -0.4 is 10.6 Å². The van der Waals surface area contributed by atoms with E-state index in [1.165, 1.54) is 0 Å². The molecule has 1 saturated heterocycles. The number of amides is 1. The van der Waals surface area contributed by atoms with Crippen LogP contribution in [-0.4, -0.2) is 56.3 Å². The smallest absolute Gasteiger partial charge is 0.252 e. The van der Waals surface area contributed by atoms with Crippen LogP contribution in [0.4, 0.5) is 0 Å². The van der Waals surface area contributed by atoms with Gasteiger partial charge in [-0.25, -0.2) is 0 Å². The van der Waals surface area contributed by atoms with E-state index in [4.69, 9.17) is 0 Å². The summed E-state index contributed by atoms with van der Waals surface area (Å²) in [5.41, 5.74) is 0.780. The quantitative estimate of drug-likeness (QED) is 0.617. The van der Waals surface area contributed by atoms with Gasteiger partial charge in [0.25, 0.3) is 5.91 Å². The summed E-state index contributed by atoms with van der Waals surface area (Å²) in [4.78, 5) is 15.6. The second kappa shape index (κ2) is 10.1. The Morgan fingerprint density at radius 2 is 2.05 bits per heavy atom. The lowest BCUT2D eigenvalue weighted by Crippen LogP contribution is -2.44. The zero-order valence-corrected chi connectivity index (χ0v) is 14.1. The summed E-state index contributed by atoms with van der Waals surface area (Å²) >= 11 is 1.61. The van der Waals surface area contributed by atoms with Gasteiger partial charge in [-0.3, -0.25) is 4.79 Å².